The SMILES string of the molecule is COc1ccc(CCn2cc(Br)cc(C)c2=O)cc1. The molecule has 0 radical (unpaired) electrons. The van der Waals surface area contributed by atoms with E-state index in [1.165, 1.54) is 5.56 Å². The van der Waals surface area contributed by atoms with Crippen LogP contribution >= 0.6 is 15.9 Å². The van der Waals surface area contributed by atoms with Crippen LogP contribution in [0.5, 0.6) is 5.75 Å². The van der Waals surface area contributed by atoms with Gasteiger partial charge in [-0.15, -0.1) is 0 Å². The number of rotatable bonds is 4. The van der Waals surface area contributed by atoms with Crippen LogP contribution in [-0.2, 0) is 13.0 Å². The summed E-state index contributed by atoms with van der Waals surface area (Å²) < 4.78 is 7.79. The first-order valence-corrected chi connectivity index (χ1v) is 6.89. The average Bonchev–Trinajstić information content (AvgIpc) is 2.41. The third-order valence-electron chi connectivity index (χ3n) is 3.03. The van der Waals surface area contributed by atoms with Crippen LogP contribution in [0, 0.1) is 6.92 Å². The number of ether oxygens (including phenoxy) is 1. The lowest BCUT2D eigenvalue weighted by Crippen LogP contribution is -2.22. The van der Waals surface area contributed by atoms with Gasteiger partial charge in [-0.2, -0.15) is 0 Å². The number of methoxy groups -OCH3 is 1. The molecule has 4 heteroatoms. The van der Waals surface area contributed by atoms with Crippen molar-refractivity contribution in [1.29, 1.82) is 0 Å². The topological polar surface area (TPSA) is 31.2 Å². The summed E-state index contributed by atoms with van der Waals surface area (Å²) in [7, 11) is 1.65. The first kappa shape index (κ1) is 13.9. The van der Waals surface area contributed by atoms with Crippen molar-refractivity contribution in [2.75, 3.05) is 7.11 Å². The summed E-state index contributed by atoms with van der Waals surface area (Å²) in [6.45, 7) is 2.50. The lowest BCUT2D eigenvalue weighted by atomic mass is 10.1. The van der Waals surface area contributed by atoms with E-state index in [0.29, 0.717) is 6.54 Å². The molecule has 2 aromatic rings. The highest BCUT2D eigenvalue weighted by Crippen LogP contribution is 2.13. The lowest BCUT2D eigenvalue weighted by molar-refractivity contribution is 0.414. The molecule has 0 spiro atoms. The summed E-state index contributed by atoms with van der Waals surface area (Å²) in [5.41, 5.74) is 2.01. The van der Waals surface area contributed by atoms with Gasteiger partial charge < -0.3 is 9.30 Å². The van der Waals surface area contributed by atoms with Crippen LogP contribution in [0.2, 0.25) is 0 Å². The molecule has 1 aromatic heterocycles. The molecule has 0 N–H and O–H groups in total. The Labute approximate surface area is 121 Å². The van der Waals surface area contributed by atoms with Gasteiger partial charge in [0, 0.05) is 22.8 Å². The van der Waals surface area contributed by atoms with E-state index < -0.39 is 0 Å². The van der Waals surface area contributed by atoms with Gasteiger partial charge in [0.15, 0.2) is 0 Å². The largest absolute Gasteiger partial charge is 0.497 e. The number of nitrogens with zero attached hydrogens (tertiary/aromatic N) is 1. The minimum atomic E-state index is 0.0664. The van der Waals surface area contributed by atoms with E-state index in [-0.39, 0.29) is 5.56 Å². The third kappa shape index (κ3) is 3.47. The molecule has 3 nitrogen and oxygen atoms in total. The Hall–Kier alpha value is -1.55. The average molecular weight is 322 g/mol. The minimum Gasteiger partial charge on any atom is -0.497 e. The van der Waals surface area contributed by atoms with Crippen LogP contribution < -0.4 is 10.3 Å². The highest BCUT2D eigenvalue weighted by atomic mass is 79.9. The molecule has 0 bridgehead atoms. The van der Waals surface area contributed by atoms with Gasteiger partial charge in [0.05, 0.1) is 7.11 Å². The first-order chi connectivity index (χ1) is 9.10. The summed E-state index contributed by atoms with van der Waals surface area (Å²) in [5, 5.41) is 0. The Kier molecular flexibility index (Phi) is 4.43. The molecule has 0 aliphatic heterocycles. The van der Waals surface area contributed by atoms with Crippen molar-refractivity contribution in [3.05, 3.63) is 62.5 Å². The Morgan fingerprint density at radius 3 is 2.58 bits per heavy atom. The molecule has 0 aliphatic carbocycles. The maximum absolute atomic E-state index is 12.0. The summed E-state index contributed by atoms with van der Waals surface area (Å²) >= 11 is 3.42. The van der Waals surface area contributed by atoms with Gasteiger partial charge in [0.2, 0.25) is 0 Å². The lowest BCUT2D eigenvalue weighted by Gasteiger charge is -2.08. The van der Waals surface area contributed by atoms with E-state index in [2.05, 4.69) is 15.9 Å². The maximum atomic E-state index is 12.0. The second kappa shape index (κ2) is 6.06. The predicted octanol–water partition coefficient (Wildman–Crippen LogP) is 3.17. The van der Waals surface area contributed by atoms with Gasteiger partial charge in [-0.3, -0.25) is 4.79 Å². The molecule has 100 valence electrons. The minimum absolute atomic E-state index is 0.0664. The fourth-order valence-corrected chi connectivity index (χ4v) is 2.54. The van der Waals surface area contributed by atoms with Gasteiger partial charge >= 0.3 is 0 Å². The molecular formula is C15H16BrNO2. The fraction of sp³-hybridized carbons (Fsp3) is 0.267. The smallest absolute Gasteiger partial charge is 0.253 e. The van der Waals surface area contributed by atoms with Gasteiger partial charge in [-0.25, -0.2) is 0 Å². The number of halogens is 1. The quantitative estimate of drug-likeness (QED) is 0.866. The van der Waals surface area contributed by atoms with Crippen LogP contribution in [-0.4, -0.2) is 11.7 Å². The van der Waals surface area contributed by atoms with Crippen molar-refractivity contribution in [3.8, 4) is 5.75 Å². The fourth-order valence-electron chi connectivity index (χ4n) is 1.95. The molecule has 1 aromatic carbocycles. The third-order valence-corrected chi connectivity index (χ3v) is 3.47. The molecule has 0 aliphatic rings. The molecular weight excluding hydrogens is 306 g/mol. The molecule has 0 unspecified atom stereocenters. The van der Waals surface area contributed by atoms with Crippen LogP contribution in [0.1, 0.15) is 11.1 Å². The van der Waals surface area contributed by atoms with E-state index in [1.807, 2.05) is 43.5 Å². The van der Waals surface area contributed by atoms with Gasteiger partial charge in [-0.05, 0) is 53.0 Å². The van der Waals surface area contributed by atoms with E-state index in [4.69, 9.17) is 4.74 Å². The predicted molar refractivity (Wildman–Crippen MR) is 79.8 cm³/mol. The van der Waals surface area contributed by atoms with Gasteiger partial charge in [0.1, 0.15) is 5.75 Å². The number of hydrogen-bond donors (Lipinski definition) is 0. The van der Waals surface area contributed by atoms with Crippen LogP contribution in [0.25, 0.3) is 0 Å². The van der Waals surface area contributed by atoms with Crippen LogP contribution in [0.15, 0.2) is 45.8 Å². The number of aryl methyl sites for hydroxylation is 3. The normalized spacial score (nSPS) is 10.5. The maximum Gasteiger partial charge on any atom is 0.253 e. The summed E-state index contributed by atoms with van der Waals surface area (Å²) in [4.78, 5) is 12.0. The van der Waals surface area contributed by atoms with Crippen molar-refractivity contribution in [3.63, 3.8) is 0 Å². The Morgan fingerprint density at radius 1 is 1.26 bits per heavy atom. The standard InChI is InChI=1S/C15H16BrNO2/c1-11-9-13(16)10-17(15(11)18)8-7-12-3-5-14(19-2)6-4-12/h3-6,9-10H,7-8H2,1-2H3. The molecule has 0 atom stereocenters. The van der Waals surface area contributed by atoms with Crippen molar-refractivity contribution >= 4 is 15.9 Å². The highest BCUT2D eigenvalue weighted by Gasteiger charge is 2.02. The van der Waals surface area contributed by atoms with E-state index >= 15 is 0 Å². The van der Waals surface area contributed by atoms with Gasteiger partial charge in [0.25, 0.3) is 5.56 Å². The molecule has 19 heavy (non-hydrogen) atoms. The molecule has 0 amide bonds. The Morgan fingerprint density at radius 2 is 1.95 bits per heavy atom. The summed E-state index contributed by atoms with van der Waals surface area (Å²) in [5.74, 6) is 0.846. The number of benzene rings is 1. The zero-order valence-electron chi connectivity index (χ0n) is 11.0. The summed E-state index contributed by atoms with van der Waals surface area (Å²) in [6.07, 6.45) is 2.65. The van der Waals surface area contributed by atoms with E-state index in [9.17, 15) is 4.79 Å². The molecule has 1 heterocycles. The molecule has 0 saturated heterocycles. The highest BCUT2D eigenvalue weighted by molar-refractivity contribution is 9.10. The Balaban J connectivity index is 2.12. The summed E-state index contributed by atoms with van der Waals surface area (Å²) in [6, 6.07) is 9.75. The Bertz CT molecular complexity index is 617. The number of pyridine rings is 1. The van der Waals surface area contributed by atoms with Crippen molar-refractivity contribution in [1.82, 2.24) is 4.57 Å². The second-order valence-electron chi connectivity index (χ2n) is 4.44. The monoisotopic (exact) mass is 321 g/mol. The molecule has 2 rings (SSSR count). The van der Waals surface area contributed by atoms with E-state index in [1.54, 1.807) is 11.7 Å². The van der Waals surface area contributed by atoms with Crippen molar-refractivity contribution < 1.29 is 4.74 Å². The first-order valence-electron chi connectivity index (χ1n) is 6.09. The van der Waals surface area contributed by atoms with Crippen LogP contribution in [0.3, 0.4) is 0 Å². The van der Waals surface area contributed by atoms with Crippen molar-refractivity contribution in [2.24, 2.45) is 0 Å². The second-order valence-corrected chi connectivity index (χ2v) is 5.35. The number of hydrogen-bond acceptors (Lipinski definition) is 2. The van der Waals surface area contributed by atoms with Crippen molar-refractivity contribution in [2.45, 2.75) is 19.9 Å². The van der Waals surface area contributed by atoms with E-state index in [0.717, 1.165) is 22.2 Å². The van der Waals surface area contributed by atoms with Gasteiger partial charge in [-0.1, -0.05) is 12.1 Å². The zero-order chi connectivity index (χ0) is 13.8. The molecule has 0 fully saturated rings. The number of aromatic nitrogens is 1. The molecule has 0 saturated carbocycles. The van der Waals surface area contributed by atoms with Crippen LogP contribution in [0.4, 0.5) is 0 Å². The zero-order valence-corrected chi connectivity index (χ0v) is 12.6.